The van der Waals surface area contributed by atoms with Gasteiger partial charge in [-0.3, -0.25) is 0 Å². The Hall–Kier alpha value is -3.32. The monoisotopic (exact) mass is 466 g/mol. The van der Waals surface area contributed by atoms with Crippen LogP contribution >= 0.6 is 15.9 Å². The van der Waals surface area contributed by atoms with Crippen molar-refractivity contribution in [2.24, 2.45) is 0 Å². The topological polar surface area (TPSA) is 82.3 Å². The first-order valence-electron chi connectivity index (χ1n) is 9.48. The van der Waals surface area contributed by atoms with Crippen molar-refractivity contribution in [2.45, 2.75) is 19.9 Å². The van der Waals surface area contributed by atoms with Crippen LogP contribution < -0.4 is 21.3 Å². The molecule has 0 aliphatic heterocycles. The van der Waals surface area contributed by atoms with E-state index in [1.165, 1.54) is 0 Å². The van der Waals surface area contributed by atoms with Crippen molar-refractivity contribution in [2.75, 3.05) is 16.0 Å². The molecule has 0 spiro atoms. The lowest BCUT2D eigenvalue weighted by Crippen LogP contribution is -2.31. The van der Waals surface area contributed by atoms with Crippen LogP contribution in [-0.4, -0.2) is 12.1 Å². The van der Waals surface area contributed by atoms with E-state index in [1.807, 2.05) is 62.4 Å². The molecule has 0 fully saturated rings. The summed E-state index contributed by atoms with van der Waals surface area (Å²) in [5.74, 6) is 0. The molecule has 30 heavy (non-hydrogen) atoms. The van der Waals surface area contributed by atoms with Crippen LogP contribution in [-0.2, 0) is 0 Å². The fraction of sp³-hybridized carbons (Fsp3) is 0.130. The summed E-state index contributed by atoms with van der Waals surface area (Å²) < 4.78 is 0.935. The molecular weight excluding hydrogens is 444 g/mol. The van der Waals surface area contributed by atoms with E-state index in [0.717, 1.165) is 15.6 Å². The minimum absolute atomic E-state index is 0.182. The van der Waals surface area contributed by atoms with Crippen LogP contribution in [0.4, 0.5) is 26.7 Å². The first kappa shape index (κ1) is 21.4. The highest BCUT2D eigenvalue weighted by atomic mass is 79.9. The maximum Gasteiger partial charge on any atom is 0.323 e. The molecule has 4 amide bonds. The molecule has 3 aromatic rings. The van der Waals surface area contributed by atoms with Gasteiger partial charge in [0.2, 0.25) is 0 Å². The number of halogens is 1. The average Bonchev–Trinajstić information content (AvgIpc) is 2.71. The molecule has 0 radical (unpaired) electrons. The molecule has 3 aromatic carbocycles. The molecule has 1 unspecified atom stereocenters. The van der Waals surface area contributed by atoms with Crippen LogP contribution in [0.5, 0.6) is 0 Å². The number of anilines is 3. The van der Waals surface area contributed by atoms with Crippen LogP contribution in [0.1, 0.15) is 24.1 Å². The number of para-hydroxylation sites is 1. The quantitative estimate of drug-likeness (QED) is 0.356. The second-order valence-corrected chi connectivity index (χ2v) is 7.67. The average molecular weight is 467 g/mol. The van der Waals surface area contributed by atoms with Crippen molar-refractivity contribution in [3.63, 3.8) is 0 Å². The maximum absolute atomic E-state index is 12.5. The smallest absolute Gasteiger partial charge is 0.323 e. The van der Waals surface area contributed by atoms with Gasteiger partial charge in [-0.05, 0) is 55.3 Å². The van der Waals surface area contributed by atoms with Crippen molar-refractivity contribution in [1.82, 2.24) is 5.32 Å². The Kier molecular flexibility index (Phi) is 7.08. The predicted octanol–water partition coefficient (Wildman–Crippen LogP) is 6.28. The summed E-state index contributed by atoms with van der Waals surface area (Å²) in [6, 6.07) is 21.4. The van der Waals surface area contributed by atoms with E-state index >= 15 is 0 Å². The third-order valence-electron chi connectivity index (χ3n) is 4.49. The summed E-state index contributed by atoms with van der Waals surface area (Å²) in [6.45, 7) is 3.80. The van der Waals surface area contributed by atoms with Crippen molar-refractivity contribution in [3.8, 4) is 0 Å². The Balaban J connectivity index is 1.62. The highest BCUT2D eigenvalue weighted by Gasteiger charge is 2.13. The zero-order chi connectivity index (χ0) is 21.5. The van der Waals surface area contributed by atoms with E-state index in [4.69, 9.17) is 0 Å². The van der Waals surface area contributed by atoms with E-state index in [9.17, 15) is 9.59 Å². The van der Waals surface area contributed by atoms with Gasteiger partial charge in [0.25, 0.3) is 0 Å². The zero-order valence-corrected chi connectivity index (χ0v) is 18.3. The molecule has 154 valence electrons. The summed E-state index contributed by atoms with van der Waals surface area (Å²) in [6.07, 6.45) is 0. The Morgan fingerprint density at radius 3 is 2.20 bits per heavy atom. The van der Waals surface area contributed by atoms with Gasteiger partial charge in [-0.25, -0.2) is 9.59 Å². The van der Waals surface area contributed by atoms with Gasteiger partial charge in [-0.1, -0.05) is 58.4 Å². The van der Waals surface area contributed by atoms with Crippen molar-refractivity contribution < 1.29 is 9.59 Å². The SMILES string of the molecule is Cc1ccc(NC(=O)Nc2ccccc2)cc1NC(=O)NC(C)c1ccccc1Br. The fourth-order valence-corrected chi connectivity index (χ4v) is 3.54. The van der Waals surface area contributed by atoms with E-state index in [2.05, 4.69) is 37.2 Å². The Bertz CT molecular complexity index is 1040. The Morgan fingerprint density at radius 2 is 1.47 bits per heavy atom. The number of hydrogen-bond acceptors (Lipinski definition) is 2. The second-order valence-electron chi connectivity index (χ2n) is 6.82. The van der Waals surface area contributed by atoms with E-state index in [1.54, 1.807) is 24.3 Å². The highest BCUT2D eigenvalue weighted by molar-refractivity contribution is 9.10. The van der Waals surface area contributed by atoms with Crippen molar-refractivity contribution in [3.05, 3.63) is 88.4 Å². The molecule has 0 aliphatic rings. The number of nitrogens with one attached hydrogen (secondary N) is 4. The second kappa shape index (κ2) is 9.93. The highest BCUT2D eigenvalue weighted by Crippen LogP contribution is 2.24. The van der Waals surface area contributed by atoms with Gasteiger partial charge in [-0.2, -0.15) is 0 Å². The maximum atomic E-state index is 12.5. The summed E-state index contributed by atoms with van der Waals surface area (Å²) >= 11 is 3.50. The van der Waals surface area contributed by atoms with Crippen LogP contribution in [0, 0.1) is 6.92 Å². The minimum atomic E-state index is -0.358. The molecule has 6 nitrogen and oxygen atoms in total. The normalized spacial score (nSPS) is 11.3. The number of amides is 4. The number of rotatable bonds is 5. The third-order valence-corrected chi connectivity index (χ3v) is 5.22. The molecular formula is C23H23BrN4O2. The molecule has 7 heteroatoms. The molecule has 0 saturated carbocycles. The van der Waals surface area contributed by atoms with E-state index in [0.29, 0.717) is 17.1 Å². The van der Waals surface area contributed by atoms with Crippen molar-refractivity contribution in [1.29, 1.82) is 0 Å². The van der Waals surface area contributed by atoms with Gasteiger partial charge in [0.05, 0.1) is 6.04 Å². The molecule has 0 aliphatic carbocycles. The minimum Gasteiger partial charge on any atom is -0.331 e. The molecule has 4 N–H and O–H groups in total. The number of carbonyl (C=O) groups excluding carboxylic acids is 2. The van der Waals surface area contributed by atoms with Crippen LogP contribution in [0.25, 0.3) is 0 Å². The molecule has 0 saturated heterocycles. The summed E-state index contributed by atoms with van der Waals surface area (Å²) in [5.41, 5.74) is 3.75. The van der Waals surface area contributed by atoms with Gasteiger partial charge in [0.1, 0.15) is 0 Å². The van der Waals surface area contributed by atoms with Crippen LogP contribution in [0.15, 0.2) is 77.3 Å². The van der Waals surface area contributed by atoms with Gasteiger partial charge < -0.3 is 21.3 Å². The third kappa shape index (κ3) is 5.84. The first-order valence-corrected chi connectivity index (χ1v) is 10.3. The molecule has 3 rings (SSSR count). The number of carbonyl (C=O) groups is 2. The summed E-state index contributed by atoms with van der Waals surface area (Å²) in [4.78, 5) is 24.7. The Morgan fingerprint density at radius 1 is 0.800 bits per heavy atom. The van der Waals surface area contributed by atoms with Gasteiger partial charge in [0, 0.05) is 21.5 Å². The van der Waals surface area contributed by atoms with Gasteiger partial charge in [-0.15, -0.1) is 0 Å². The molecule has 0 heterocycles. The predicted molar refractivity (Wildman–Crippen MR) is 125 cm³/mol. The van der Waals surface area contributed by atoms with Gasteiger partial charge in [0.15, 0.2) is 0 Å². The van der Waals surface area contributed by atoms with E-state index in [-0.39, 0.29) is 18.1 Å². The lowest BCUT2D eigenvalue weighted by atomic mass is 10.1. The lowest BCUT2D eigenvalue weighted by Gasteiger charge is -2.17. The summed E-state index contributed by atoms with van der Waals surface area (Å²) in [7, 11) is 0. The van der Waals surface area contributed by atoms with Crippen LogP contribution in [0.2, 0.25) is 0 Å². The molecule has 1 atom stereocenters. The zero-order valence-electron chi connectivity index (χ0n) is 16.7. The standard InChI is InChI=1S/C23H23BrN4O2/c1-15-12-13-18(27-23(30)26-17-8-4-3-5-9-17)14-21(15)28-22(29)25-16(2)19-10-6-7-11-20(19)24/h3-14,16H,1-2H3,(H2,25,28,29)(H2,26,27,30). The van der Waals surface area contributed by atoms with Crippen molar-refractivity contribution >= 4 is 45.1 Å². The number of benzene rings is 3. The molecule has 0 aromatic heterocycles. The number of hydrogen-bond donors (Lipinski definition) is 4. The van der Waals surface area contributed by atoms with Crippen LogP contribution in [0.3, 0.4) is 0 Å². The summed E-state index contributed by atoms with van der Waals surface area (Å²) in [5, 5.41) is 11.3. The largest absolute Gasteiger partial charge is 0.331 e. The van der Waals surface area contributed by atoms with E-state index < -0.39 is 0 Å². The first-order chi connectivity index (χ1) is 14.4. The number of aryl methyl sites for hydroxylation is 1. The van der Waals surface area contributed by atoms with Gasteiger partial charge >= 0.3 is 12.1 Å². The fourth-order valence-electron chi connectivity index (χ4n) is 2.91. The molecule has 0 bridgehead atoms. The Labute approximate surface area is 184 Å². The number of urea groups is 2. The lowest BCUT2D eigenvalue weighted by molar-refractivity contribution is 0.249.